The summed E-state index contributed by atoms with van der Waals surface area (Å²) < 4.78 is 5.06. The first-order valence-corrected chi connectivity index (χ1v) is 5.80. The molecule has 0 amide bonds. The van der Waals surface area contributed by atoms with Gasteiger partial charge in [-0.3, -0.25) is 19.7 Å². The summed E-state index contributed by atoms with van der Waals surface area (Å²) in [6.07, 6.45) is -0.844. The maximum Gasteiger partial charge on any atom is 0.329 e. The van der Waals surface area contributed by atoms with E-state index >= 15 is 0 Å². The number of hydroxylamine groups is 1. The number of esters is 1. The lowest BCUT2D eigenvalue weighted by Gasteiger charge is -2.16. The minimum absolute atomic E-state index is 0.0271. The third kappa shape index (κ3) is 2.53. The molecule has 0 aromatic heterocycles. The molecule has 1 heterocycles. The molecule has 8 nitrogen and oxygen atoms in total. The highest BCUT2D eigenvalue weighted by Gasteiger charge is 2.38. The van der Waals surface area contributed by atoms with Crippen LogP contribution in [0.15, 0.2) is 18.2 Å². The van der Waals surface area contributed by atoms with Gasteiger partial charge in [0.25, 0.3) is 5.69 Å². The predicted molar refractivity (Wildman–Crippen MR) is 66.7 cm³/mol. The van der Waals surface area contributed by atoms with Gasteiger partial charge in [-0.05, 0) is 6.07 Å². The van der Waals surface area contributed by atoms with Crippen molar-refractivity contribution in [3.8, 4) is 0 Å². The number of carbonyl (C=O) groups excluding carboxylic acids is 2. The first-order valence-electron chi connectivity index (χ1n) is 5.80. The van der Waals surface area contributed by atoms with E-state index in [-0.39, 0.29) is 17.8 Å². The fraction of sp³-hybridized carbons (Fsp3) is 0.333. The summed E-state index contributed by atoms with van der Waals surface area (Å²) in [6, 6.07) is 4.35. The van der Waals surface area contributed by atoms with Gasteiger partial charge in [-0.2, -0.15) is 0 Å². The minimum Gasteiger partial charge on any atom is -0.455 e. The van der Waals surface area contributed by atoms with Crippen molar-refractivity contribution in [1.82, 2.24) is 0 Å². The second-order valence-electron chi connectivity index (χ2n) is 4.21. The van der Waals surface area contributed by atoms with E-state index in [1.54, 1.807) is 6.07 Å². The van der Waals surface area contributed by atoms with E-state index < -0.39 is 23.0 Å². The SMILES string of the molecule is CC(=O)OC1CN(OC(C)=O)c2cccc([N+](=O)[O-])c21. The van der Waals surface area contributed by atoms with Gasteiger partial charge in [-0.25, -0.2) is 5.06 Å². The van der Waals surface area contributed by atoms with E-state index in [1.165, 1.54) is 31.0 Å². The van der Waals surface area contributed by atoms with E-state index in [0.29, 0.717) is 5.69 Å². The second-order valence-corrected chi connectivity index (χ2v) is 4.21. The van der Waals surface area contributed by atoms with Crippen molar-refractivity contribution >= 4 is 23.3 Å². The largest absolute Gasteiger partial charge is 0.455 e. The topological polar surface area (TPSA) is 99.0 Å². The number of nitro benzene ring substituents is 1. The van der Waals surface area contributed by atoms with Crippen LogP contribution >= 0.6 is 0 Å². The van der Waals surface area contributed by atoms with Crippen LogP contribution in [0.1, 0.15) is 25.5 Å². The van der Waals surface area contributed by atoms with E-state index in [1.807, 2.05) is 0 Å². The summed E-state index contributed by atoms with van der Waals surface area (Å²) in [4.78, 5) is 37.6. The average molecular weight is 280 g/mol. The molecule has 0 bridgehead atoms. The number of ether oxygens (including phenoxy) is 1. The van der Waals surface area contributed by atoms with Crippen molar-refractivity contribution in [3.05, 3.63) is 33.9 Å². The lowest BCUT2D eigenvalue weighted by Crippen LogP contribution is -2.25. The lowest BCUT2D eigenvalue weighted by molar-refractivity contribution is -0.386. The zero-order valence-electron chi connectivity index (χ0n) is 10.9. The van der Waals surface area contributed by atoms with Crippen LogP contribution in [-0.4, -0.2) is 23.4 Å². The number of fused-ring (bicyclic) bond motifs is 1. The average Bonchev–Trinajstić information content (AvgIpc) is 2.66. The molecule has 0 N–H and O–H groups in total. The van der Waals surface area contributed by atoms with Crippen LogP contribution in [0.5, 0.6) is 0 Å². The minimum atomic E-state index is -0.844. The second kappa shape index (κ2) is 5.16. The fourth-order valence-corrected chi connectivity index (χ4v) is 2.13. The molecule has 0 fully saturated rings. The van der Waals surface area contributed by atoms with Crippen LogP contribution in [-0.2, 0) is 19.2 Å². The van der Waals surface area contributed by atoms with Crippen LogP contribution in [0.3, 0.4) is 0 Å². The molecule has 0 aliphatic carbocycles. The summed E-state index contributed by atoms with van der Waals surface area (Å²) in [5, 5.41) is 12.3. The van der Waals surface area contributed by atoms with E-state index in [9.17, 15) is 19.7 Å². The molecular formula is C12H12N2O6. The summed E-state index contributed by atoms with van der Waals surface area (Å²) in [6.45, 7) is 2.46. The number of carbonyl (C=O) groups is 2. The molecule has 1 aromatic rings. The van der Waals surface area contributed by atoms with Crippen LogP contribution in [0.2, 0.25) is 0 Å². The van der Waals surface area contributed by atoms with Gasteiger partial charge in [0.2, 0.25) is 0 Å². The molecule has 20 heavy (non-hydrogen) atoms. The van der Waals surface area contributed by atoms with E-state index in [4.69, 9.17) is 9.57 Å². The number of nitrogens with zero attached hydrogens (tertiary/aromatic N) is 2. The molecule has 8 heteroatoms. The highest BCUT2D eigenvalue weighted by Crippen LogP contribution is 2.42. The van der Waals surface area contributed by atoms with Crippen molar-refractivity contribution in [1.29, 1.82) is 0 Å². The Morgan fingerprint density at radius 3 is 2.60 bits per heavy atom. The van der Waals surface area contributed by atoms with Gasteiger partial charge >= 0.3 is 11.9 Å². The molecule has 0 saturated heterocycles. The third-order valence-corrected chi connectivity index (χ3v) is 2.73. The van der Waals surface area contributed by atoms with Gasteiger partial charge in [-0.15, -0.1) is 0 Å². The van der Waals surface area contributed by atoms with Crippen molar-refractivity contribution in [2.75, 3.05) is 11.6 Å². The van der Waals surface area contributed by atoms with Gasteiger partial charge in [-0.1, -0.05) is 6.07 Å². The number of hydrogen-bond donors (Lipinski definition) is 0. The Hall–Kier alpha value is -2.64. The van der Waals surface area contributed by atoms with Crippen LogP contribution in [0, 0.1) is 10.1 Å². The number of benzene rings is 1. The number of rotatable bonds is 3. The highest BCUT2D eigenvalue weighted by atomic mass is 16.7. The van der Waals surface area contributed by atoms with Crippen molar-refractivity contribution in [2.24, 2.45) is 0 Å². The molecule has 0 radical (unpaired) electrons. The van der Waals surface area contributed by atoms with Gasteiger partial charge in [0, 0.05) is 19.9 Å². The van der Waals surface area contributed by atoms with Gasteiger partial charge in [0.1, 0.15) is 0 Å². The molecule has 1 aliphatic rings. The molecular weight excluding hydrogens is 268 g/mol. The molecule has 1 atom stereocenters. The van der Waals surface area contributed by atoms with E-state index in [0.717, 1.165) is 0 Å². The van der Waals surface area contributed by atoms with Crippen molar-refractivity contribution in [2.45, 2.75) is 20.0 Å². The molecule has 1 aromatic carbocycles. The zero-order valence-corrected chi connectivity index (χ0v) is 10.9. The van der Waals surface area contributed by atoms with Crippen LogP contribution in [0.25, 0.3) is 0 Å². The standard InChI is InChI=1S/C12H12N2O6/c1-7(15)19-11-6-13(20-8(2)16)9-4-3-5-10(12(9)11)14(17)18/h3-5,11H,6H2,1-2H3. The molecule has 1 aliphatic heterocycles. The monoisotopic (exact) mass is 280 g/mol. The normalized spacial score (nSPS) is 16.5. The van der Waals surface area contributed by atoms with Crippen molar-refractivity contribution < 1.29 is 24.1 Å². The fourth-order valence-electron chi connectivity index (χ4n) is 2.13. The smallest absolute Gasteiger partial charge is 0.329 e. The molecule has 2 rings (SSSR count). The Balaban J connectivity index is 2.47. The maximum atomic E-state index is 11.1. The van der Waals surface area contributed by atoms with Crippen LogP contribution < -0.4 is 5.06 Å². The molecule has 1 unspecified atom stereocenters. The Bertz CT molecular complexity index is 585. The summed E-state index contributed by atoms with van der Waals surface area (Å²) >= 11 is 0. The molecule has 106 valence electrons. The third-order valence-electron chi connectivity index (χ3n) is 2.73. The summed E-state index contributed by atoms with van der Waals surface area (Å²) in [7, 11) is 0. The quantitative estimate of drug-likeness (QED) is 0.470. The van der Waals surface area contributed by atoms with Gasteiger partial charge in [0.05, 0.1) is 22.7 Å². The highest BCUT2D eigenvalue weighted by molar-refractivity contribution is 5.73. The van der Waals surface area contributed by atoms with Crippen LogP contribution in [0.4, 0.5) is 11.4 Å². The zero-order chi connectivity index (χ0) is 14.9. The molecule has 0 spiro atoms. The first-order chi connectivity index (χ1) is 9.40. The molecule has 0 saturated carbocycles. The number of nitro groups is 1. The Labute approximate surface area is 114 Å². The summed E-state index contributed by atoms with van der Waals surface area (Å²) in [5.41, 5.74) is 0.401. The van der Waals surface area contributed by atoms with Gasteiger partial charge in [0.15, 0.2) is 6.10 Å². The summed E-state index contributed by atoms with van der Waals surface area (Å²) in [5.74, 6) is -1.13. The first kappa shape index (κ1) is 13.8. The Kier molecular flexibility index (Phi) is 3.55. The lowest BCUT2D eigenvalue weighted by atomic mass is 10.1. The predicted octanol–water partition coefficient (Wildman–Crippen LogP) is 1.50. The van der Waals surface area contributed by atoms with E-state index in [2.05, 4.69) is 0 Å². The maximum absolute atomic E-state index is 11.1. The number of anilines is 1. The van der Waals surface area contributed by atoms with Crippen molar-refractivity contribution in [3.63, 3.8) is 0 Å². The van der Waals surface area contributed by atoms with Gasteiger partial charge < -0.3 is 9.57 Å². The Morgan fingerprint density at radius 1 is 1.35 bits per heavy atom. The number of hydrogen-bond acceptors (Lipinski definition) is 7. The Morgan fingerprint density at radius 2 is 2.05 bits per heavy atom.